The van der Waals surface area contributed by atoms with E-state index >= 15 is 0 Å². The Balaban J connectivity index is 2.25. The first kappa shape index (κ1) is 17.0. The van der Waals surface area contributed by atoms with Gasteiger partial charge in [0.1, 0.15) is 17.3 Å². The summed E-state index contributed by atoms with van der Waals surface area (Å²) in [5.74, 6) is -2.54. The SMILES string of the molecule is CN(C)S(=O)(=O)c1ccc(C(=O)Nc2c(F)cccc2F)cc1. The third-order valence-electron chi connectivity index (χ3n) is 3.10. The van der Waals surface area contributed by atoms with E-state index in [1.807, 2.05) is 0 Å². The minimum atomic E-state index is -3.61. The molecule has 8 heteroatoms. The van der Waals surface area contributed by atoms with Gasteiger partial charge in [0.25, 0.3) is 5.91 Å². The number of anilines is 1. The van der Waals surface area contributed by atoms with Gasteiger partial charge in [-0.3, -0.25) is 4.79 Å². The molecule has 23 heavy (non-hydrogen) atoms. The zero-order valence-electron chi connectivity index (χ0n) is 12.4. The van der Waals surface area contributed by atoms with E-state index in [0.717, 1.165) is 16.4 Å². The summed E-state index contributed by atoms with van der Waals surface area (Å²) in [5.41, 5.74) is -0.479. The number of halogens is 2. The van der Waals surface area contributed by atoms with Crippen LogP contribution in [0.3, 0.4) is 0 Å². The molecule has 0 heterocycles. The number of carbonyl (C=O) groups is 1. The molecule has 0 aromatic heterocycles. The van der Waals surface area contributed by atoms with Crippen LogP contribution in [0.2, 0.25) is 0 Å². The normalized spacial score (nSPS) is 11.5. The molecule has 0 radical (unpaired) electrons. The minimum Gasteiger partial charge on any atom is -0.317 e. The van der Waals surface area contributed by atoms with Crippen LogP contribution in [0.25, 0.3) is 0 Å². The van der Waals surface area contributed by atoms with Crippen molar-refractivity contribution in [2.24, 2.45) is 0 Å². The molecule has 0 saturated carbocycles. The Morgan fingerprint density at radius 3 is 2.00 bits per heavy atom. The van der Waals surface area contributed by atoms with Crippen molar-refractivity contribution in [2.45, 2.75) is 4.90 Å². The Morgan fingerprint density at radius 2 is 1.52 bits per heavy atom. The maximum Gasteiger partial charge on any atom is 0.255 e. The predicted molar refractivity (Wildman–Crippen MR) is 81.6 cm³/mol. The molecule has 0 spiro atoms. The zero-order valence-corrected chi connectivity index (χ0v) is 13.2. The van der Waals surface area contributed by atoms with Gasteiger partial charge >= 0.3 is 0 Å². The highest BCUT2D eigenvalue weighted by atomic mass is 32.2. The first-order valence-corrected chi connectivity index (χ1v) is 7.95. The lowest BCUT2D eigenvalue weighted by molar-refractivity contribution is 0.102. The number of amides is 1. The first-order chi connectivity index (χ1) is 10.7. The molecule has 0 bridgehead atoms. The molecule has 0 saturated heterocycles. The second-order valence-electron chi connectivity index (χ2n) is 4.86. The molecule has 1 amide bonds. The summed E-state index contributed by atoms with van der Waals surface area (Å²) in [6.07, 6.45) is 0. The van der Waals surface area contributed by atoms with Crippen molar-refractivity contribution >= 4 is 21.6 Å². The first-order valence-electron chi connectivity index (χ1n) is 6.51. The second-order valence-corrected chi connectivity index (χ2v) is 7.01. The monoisotopic (exact) mass is 340 g/mol. The van der Waals surface area contributed by atoms with Gasteiger partial charge in [-0.2, -0.15) is 0 Å². The largest absolute Gasteiger partial charge is 0.317 e. The van der Waals surface area contributed by atoms with Crippen molar-refractivity contribution in [1.82, 2.24) is 4.31 Å². The number of hydrogen-bond donors (Lipinski definition) is 1. The van der Waals surface area contributed by atoms with E-state index in [4.69, 9.17) is 0 Å². The number of para-hydroxylation sites is 1. The maximum atomic E-state index is 13.5. The van der Waals surface area contributed by atoms with Gasteiger partial charge in [0, 0.05) is 19.7 Å². The number of nitrogens with zero attached hydrogens (tertiary/aromatic N) is 1. The molecule has 2 aromatic rings. The summed E-state index contributed by atoms with van der Waals surface area (Å²) in [7, 11) is -0.838. The van der Waals surface area contributed by atoms with Crippen LogP contribution in [-0.4, -0.2) is 32.7 Å². The van der Waals surface area contributed by atoms with Gasteiger partial charge in [0.2, 0.25) is 10.0 Å². The summed E-state index contributed by atoms with van der Waals surface area (Å²) in [6, 6.07) is 8.26. The van der Waals surface area contributed by atoms with Crippen molar-refractivity contribution in [3.63, 3.8) is 0 Å². The van der Waals surface area contributed by atoms with Gasteiger partial charge in [-0.05, 0) is 36.4 Å². The molecular weight excluding hydrogens is 326 g/mol. The number of rotatable bonds is 4. The zero-order chi connectivity index (χ0) is 17.2. The van der Waals surface area contributed by atoms with Crippen LogP contribution in [0, 0.1) is 11.6 Å². The Labute approximate surface area is 132 Å². The number of hydrogen-bond acceptors (Lipinski definition) is 3. The van der Waals surface area contributed by atoms with E-state index in [9.17, 15) is 22.0 Å². The highest BCUT2D eigenvalue weighted by molar-refractivity contribution is 7.89. The van der Waals surface area contributed by atoms with Crippen molar-refractivity contribution < 1.29 is 22.0 Å². The van der Waals surface area contributed by atoms with E-state index in [-0.39, 0.29) is 10.5 Å². The van der Waals surface area contributed by atoms with Crippen LogP contribution in [-0.2, 0) is 10.0 Å². The smallest absolute Gasteiger partial charge is 0.255 e. The van der Waals surface area contributed by atoms with Gasteiger partial charge in [0.05, 0.1) is 4.90 Å². The molecule has 122 valence electrons. The van der Waals surface area contributed by atoms with Gasteiger partial charge in [-0.25, -0.2) is 21.5 Å². The standard InChI is InChI=1S/C15H14F2N2O3S/c1-19(2)23(21,22)11-8-6-10(7-9-11)15(20)18-14-12(16)4-3-5-13(14)17/h3-9H,1-2H3,(H,18,20). The van der Waals surface area contributed by atoms with E-state index in [1.165, 1.54) is 44.4 Å². The lowest BCUT2D eigenvalue weighted by atomic mass is 10.2. The van der Waals surface area contributed by atoms with Crippen LogP contribution in [0.15, 0.2) is 47.4 Å². The lowest BCUT2D eigenvalue weighted by Crippen LogP contribution is -2.22. The van der Waals surface area contributed by atoms with Crippen molar-refractivity contribution in [1.29, 1.82) is 0 Å². The molecule has 5 nitrogen and oxygen atoms in total. The van der Waals surface area contributed by atoms with Crippen molar-refractivity contribution in [3.8, 4) is 0 Å². The van der Waals surface area contributed by atoms with Gasteiger partial charge in [0.15, 0.2) is 0 Å². The quantitative estimate of drug-likeness (QED) is 0.930. The fourth-order valence-electron chi connectivity index (χ4n) is 1.79. The summed E-state index contributed by atoms with van der Waals surface area (Å²) < 4.78 is 51.9. The molecule has 0 atom stereocenters. The fraction of sp³-hybridized carbons (Fsp3) is 0.133. The second kappa shape index (κ2) is 6.43. The third-order valence-corrected chi connectivity index (χ3v) is 4.93. The van der Waals surface area contributed by atoms with Crippen molar-refractivity contribution in [2.75, 3.05) is 19.4 Å². The molecule has 2 aromatic carbocycles. The highest BCUT2D eigenvalue weighted by Crippen LogP contribution is 2.20. The van der Waals surface area contributed by atoms with Crippen LogP contribution in [0.1, 0.15) is 10.4 Å². The summed E-state index contributed by atoms with van der Waals surface area (Å²) in [4.78, 5) is 12.0. The molecule has 0 aliphatic rings. The Bertz CT molecular complexity index is 814. The summed E-state index contributed by atoms with van der Waals surface area (Å²) in [5, 5.41) is 2.13. The Kier molecular flexibility index (Phi) is 4.76. The fourth-order valence-corrected chi connectivity index (χ4v) is 2.69. The molecule has 0 aliphatic heterocycles. The number of carbonyl (C=O) groups excluding carboxylic acids is 1. The number of sulfonamides is 1. The molecule has 0 aliphatic carbocycles. The molecule has 0 fully saturated rings. The van der Waals surface area contributed by atoms with Crippen LogP contribution >= 0.6 is 0 Å². The van der Waals surface area contributed by atoms with E-state index < -0.39 is 33.3 Å². The lowest BCUT2D eigenvalue weighted by Gasteiger charge is -2.12. The van der Waals surface area contributed by atoms with Crippen LogP contribution < -0.4 is 5.32 Å². The molecule has 2 rings (SSSR count). The van der Waals surface area contributed by atoms with Crippen molar-refractivity contribution in [3.05, 3.63) is 59.7 Å². The summed E-state index contributed by atoms with van der Waals surface area (Å²) >= 11 is 0. The van der Waals surface area contributed by atoms with Gasteiger partial charge < -0.3 is 5.32 Å². The topological polar surface area (TPSA) is 66.5 Å². The van der Waals surface area contributed by atoms with E-state index in [1.54, 1.807) is 0 Å². The molecule has 1 N–H and O–H groups in total. The molecule has 0 unspecified atom stereocenters. The van der Waals surface area contributed by atoms with Gasteiger partial charge in [-0.15, -0.1) is 0 Å². The number of benzene rings is 2. The highest BCUT2D eigenvalue weighted by Gasteiger charge is 2.18. The maximum absolute atomic E-state index is 13.5. The predicted octanol–water partition coefficient (Wildman–Crippen LogP) is 2.47. The minimum absolute atomic E-state index is 0.0103. The molecular formula is C15H14F2N2O3S. The Morgan fingerprint density at radius 1 is 1.00 bits per heavy atom. The number of nitrogens with one attached hydrogen (secondary N) is 1. The van der Waals surface area contributed by atoms with E-state index in [0.29, 0.717) is 0 Å². The average molecular weight is 340 g/mol. The summed E-state index contributed by atoms with van der Waals surface area (Å²) in [6.45, 7) is 0. The Hall–Kier alpha value is -2.32. The van der Waals surface area contributed by atoms with E-state index in [2.05, 4.69) is 5.32 Å². The average Bonchev–Trinajstić information content (AvgIpc) is 2.51. The third kappa shape index (κ3) is 3.54. The van der Waals surface area contributed by atoms with Crippen LogP contribution in [0.4, 0.5) is 14.5 Å². The van der Waals surface area contributed by atoms with Crippen LogP contribution in [0.5, 0.6) is 0 Å². The van der Waals surface area contributed by atoms with Gasteiger partial charge in [-0.1, -0.05) is 6.07 Å².